The van der Waals surface area contributed by atoms with Crippen LogP contribution in [0.3, 0.4) is 0 Å². The van der Waals surface area contributed by atoms with Crippen molar-refractivity contribution in [2.45, 2.75) is 84.6 Å². The Labute approximate surface area is 224 Å². The van der Waals surface area contributed by atoms with Crippen molar-refractivity contribution in [3.05, 3.63) is 59.7 Å². The number of benzene rings is 1. The van der Waals surface area contributed by atoms with Crippen LogP contribution in [0.5, 0.6) is 0 Å². The van der Waals surface area contributed by atoms with Crippen molar-refractivity contribution in [1.82, 2.24) is 24.8 Å². The molecule has 0 spiro atoms. The minimum absolute atomic E-state index is 0.0206. The molecule has 2 aromatic heterocycles. The fourth-order valence-corrected chi connectivity index (χ4v) is 4.78. The molecule has 1 aliphatic carbocycles. The van der Waals surface area contributed by atoms with E-state index in [0.717, 1.165) is 30.5 Å². The molecule has 3 aromatic rings. The van der Waals surface area contributed by atoms with Crippen molar-refractivity contribution in [3.8, 4) is 0 Å². The number of alkyl carbamates (subject to hydrolysis) is 1. The molecule has 0 radical (unpaired) electrons. The number of aromatic nitrogens is 3. The lowest BCUT2D eigenvalue weighted by Gasteiger charge is -2.35. The van der Waals surface area contributed by atoms with Crippen LogP contribution in [0.4, 0.5) is 9.59 Å². The van der Waals surface area contributed by atoms with Gasteiger partial charge >= 0.3 is 12.2 Å². The molecule has 0 saturated heterocycles. The molecule has 1 aliphatic rings. The second kappa shape index (κ2) is 11.1. The number of aryl methyl sites for hydroxylation is 1. The fraction of sp³-hybridized carbons (Fsp3) is 0.517. The number of nitrogens with zero attached hydrogens (tertiary/aromatic N) is 4. The normalized spacial score (nSPS) is 15.8. The van der Waals surface area contributed by atoms with Crippen molar-refractivity contribution < 1.29 is 19.1 Å². The maximum atomic E-state index is 13.3. The van der Waals surface area contributed by atoms with Crippen molar-refractivity contribution in [3.63, 3.8) is 0 Å². The van der Waals surface area contributed by atoms with Crippen molar-refractivity contribution >= 4 is 23.2 Å². The first-order valence-corrected chi connectivity index (χ1v) is 13.3. The minimum atomic E-state index is -0.650. The average Bonchev–Trinajstić information content (AvgIpc) is 3.19. The SMILES string of the molecule is CC(C)(C)OC(=O)NCCN(Cc1nc2ccccc2n1C(=O)OC(C)(C)C)C1CCCc2cccnc21. The number of fused-ring (bicyclic) bond motifs is 2. The molecule has 1 aromatic carbocycles. The van der Waals surface area contributed by atoms with Crippen LogP contribution < -0.4 is 5.32 Å². The maximum absolute atomic E-state index is 13.3. The molecule has 1 unspecified atom stereocenters. The van der Waals surface area contributed by atoms with Gasteiger partial charge in [0, 0.05) is 19.3 Å². The van der Waals surface area contributed by atoms with Gasteiger partial charge in [-0.15, -0.1) is 0 Å². The number of pyridine rings is 1. The molecule has 2 heterocycles. The molecule has 1 N–H and O–H groups in total. The predicted molar refractivity (Wildman–Crippen MR) is 146 cm³/mol. The summed E-state index contributed by atoms with van der Waals surface area (Å²) in [5.41, 5.74) is 2.47. The van der Waals surface area contributed by atoms with Crippen LogP contribution in [0.1, 0.15) is 77.5 Å². The third kappa shape index (κ3) is 6.89. The molecule has 0 aliphatic heterocycles. The topological polar surface area (TPSA) is 98.6 Å². The Morgan fingerprint density at radius 3 is 2.53 bits per heavy atom. The summed E-state index contributed by atoms with van der Waals surface area (Å²) in [6.07, 6.45) is 3.84. The molecule has 9 heteroatoms. The summed E-state index contributed by atoms with van der Waals surface area (Å²) < 4.78 is 12.7. The van der Waals surface area contributed by atoms with Crippen LogP contribution in [-0.4, -0.2) is 55.9 Å². The number of carbonyl (C=O) groups is 2. The lowest BCUT2D eigenvalue weighted by Crippen LogP contribution is -2.40. The standard InChI is InChI=1S/C29H39N5O4/c1-28(2,3)37-26(35)31-17-18-33(23-15-9-11-20-12-10-16-30-25(20)23)19-24-32-21-13-7-8-14-22(21)34(24)27(36)38-29(4,5)6/h7-8,10,12-14,16,23H,9,11,15,17-19H2,1-6H3,(H,31,35). The number of para-hydroxylation sites is 2. The van der Waals surface area contributed by atoms with Gasteiger partial charge in [0.1, 0.15) is 17.0 Å². The molecular formula is C29H39N5O4. The highest BCUT2D eigenvalue weighted by Crippen LogP contribution is 2.34. The largest absolute Gasteiger partial charge is 0.444 e. The summed E-state index contributed by atoms with van der Waals surface area (Å²) in [5, 5.41) is 2.87. The predicted octanol–water partition coefficient (Wildman–Crippen LogP) is 5.62. The maximum Gasteiger partial charge on any atom is 0.420 e. The van der Waals surface area contributed by atoms with E-state index in [1.165, 1.54) is 5.56 Å². The van der Waals surface area contributed by atoms with E-state index in [9.17, 15) is 9.59 Å². The molecule has 204 valence electrons. The number of hydrogen-bond donors (Lipinski definition) is 1. The van der Waals surface area contributed by atoms with Crippen LogP contribution in [0.15, 0.2) is 42.6 Å². The monoisotopic (exact) mass is 521 g/mol. The summed E-state index contributed by atoms with van der Waals surface area (Å²) in [4.78, 5) is 37.5. The molecule has 9 nitrogen and oxygen atoms in total. The highest BCUT2D eigenvalue weighted by atomic mass is 16.6. The Bertz CT molecular complexity index is 1290. The molecule has 1 atom stereocenters. The second-order valence-corrected chi connectivity index (χ2v) is 11.7. The van der Waals surface area contributed by atoms with Crippen molar-refractivity contribution in [1.29, 1.82) is 0 Å². The van der Waals surface area contributed by atoms with Crippen LogP contribution in [0.2, 0.25) is 0 Å². The number of amides is 1. The first kappa shape index (κ1) is 27.6. The fourth-order valence-electron chi connectivity index (χ4n) is 4.78. The number of imidazole rings is 1. The van der Waals surface area contributed by atoms with E-state index in [1.54, 1.807) is 4.57 Å². The summed E-state index contributed by atoms with van der Waals surface area (Å²) in [7, 11) is 0. The third-order valence-electron chi connectivity index (χ3n) is 6.22. The third-order valence-corrected chi connectivity index (χ3v) is 6.22. The quantitative estimate of drug-likeness (QED) is 0.450. The lowest BCUT2D eigenvalue weighted by atomic mass is 9.90. The Morgan fingerprint density at radius 1 is 1.05 bits per heavy atom. The molecule has 0 fully saturated rings. The van der Waals surface area contributed by atoms with E-state index in [0.29, 0.717) is 31.0 Å². The van der Waals surface area contributed by atoms with E-state index < -0.39 is 23.4 Å². The van der Waals surface area contributed by atoms with Gasteiger partial charge in [0.2, 0.25) is 0 Å². The Morgan fingerprint density at radius 2 is 1.79 bits per heavy atom. The smallest absolute Gasteiger partial charge is 0.420 e. The highest BCUT2D eigenvalue weighted by molar-refractivity contribution is 5.87. The van der Waals surface area contributed by atoms with Gasteiger partial charge in [-0.3, -0.25) is 9.88 Å². The van der Waals surface area contributed by atoms with Crippen LogP contribution in [-0.2, 0) is 22.4 Å². The lowest BCUT2D eigenvalue weighted by molar-refractivity contribution is 0.0515. The van der Waals surface area contributed by atoms with E-state index in [4.69, 9.17) is 19.4 Å². The van der Waals surface area contributed by atoms with E-state index >= 15 is 0 Å². The average molecular weight is 522 g/mol. The summed E-state index contributed by atoms with van der Waals surface area (Å²) in [6, 6.07) is 11.7. The zero-order valence-corrected chi connectivity index (χ0v) is 23.3. The number of rotatable bonds is 6. The van der Waals surface area contributed by atoms with Gasteiger partial charge in [0.25, 0.3) is 0 Å². The summed E-state index contributed by atoms with van der Waals surface area (Å²) >= 11 is 0. The van der Waals surface area contributed by atoms with Gasteiger partial charge in [0.05, 0.1) is 29.3 Å². The highest BCUT2D eigenvalue weighted by Gasteiger charge is 2.30. The molecule has 1 amide bonds. The van der Waals surface area contributed by atoms with Crippen LogP contribution in [0.25, 0.3) is 11.0 Å². The first-order valence-electron chi connectivity index (χ1n) is 13.3. The summed E-state index contributed by atoms with van der Waals surface area (Å²) in [5.74, 6) is 0.584. The minimum Gasteiger partial charge on any atom is -0.444 e. The van der Waals surface area contributed by atoms with E-state index in [1.807, 2.05) is 78.1 Å². The van der Waals surface area contributed by atoms with Crippen LogP contribution in [0, 0.1) is 0 Å². The zero-order valence-electron chi connectivity index (χ0n) is 23.3. The van der Waals surface area contributed by atoms with Gasteiger partial charge in [-0.25, -0.2) is 19.1 Å². The van der Waals surface area contributed by atoms with Gasteiger partial charge in [-0.1, -0.05) is 18.2 Å². The van der Waals surface area contributed by atoms with Gasteiger partial charge in [-0.05, 0) is 84.6 Å². The number of nitrogens with one attached hydrogen (secondary N) is 1. The van der Waals surface area contributed by atoms with Crippen molar-refractivity contribution in [2.75, 3.05) is 13.1 Å². The molecule has 0 bridgehead atoms. The van der Waals surface area contributed by atoms with Gasteiger partial charge in [0.15, 0.2) is 0 Å². The summed E-state index contributed by atoms with van der Waals surface area (Å²) in [6.45, 7) is 12.3. The number of carbonyl (C=O) groups excluding carboxylic acids is 2. The van der Waals surface area contributed by atoms with Gasteiger partial charge < -0.3 is 14.8 Å². The van der Waals surface area contributed by atoms with Gasteiger partial charge in [-0.2, -0.15) is 0 Å². The molecular weight excluding hydrogens is 482 g/mol. The Kier molecular flexibility index (Phi) is 8.06. The van der Waals surface area contributed by atoms with E-state index in [-0.39, 0.29) is 6.04 Å². The first-order chi connectivity index (χ1) is 17.9. The van der Waals surface area contributed by atoms with E-state index in [2.05, 4.69) is 16.3 Å². The van der Waals surface area contributed by atoms with Crippen molar-refractivity contribution in [2.24, 2.45) is 0 Å². The second-order valence-electron chi connectivity index (χ2n) is 11.7. The number of hydrogen-bond acceptors (Lipinski definition) is 7. The number of ether oxygens (including phenoxy) is 2. The Hall–Kier alpha value is -3.46. The van der Waals surface area contributed by atoms with Crippen LogP contribution >= 0.6 is 0 Å². The zero-order chi connectivity index (χ0) is 27.5. The molecule has 4 rings (SSSR count). The Balaban J connectivity index is 1.66. The molecule has 38 heavy (non-hydrogen) atoms. The molecule has 0 saturated carbocycles.